The lowest BCUT2D eigenvalue weighted by Gasteiger charge is -2.38. The molecule has 1 heterocycles. The summed E-state index contributed by atoms with van der Waals surface area (Å²) in [6.07, 6.45) is -0.326. The van der Waals surface area contributed by atoms with Crippen LogP contribution >= 0.6 is 0 Å². The summed E-state index contributed by atoms with van der Waals surface area (Å²) in [5.74, 6) is 0.745. The molecular formula is C25H26N2O2. The molecule has 148 valence electrons. The van der Waals surface area contributed by atoms with Crippen molar-refractivity contribution in [2.45, 2.75) is 32.4 Å². The van der Waals surface area contributed by atoms with E-state index in [9.17, 15) is 4.79 Å². The van der Waals surface area contributed by atoms with E-state index in [4.69, 9.17) is 4.74 Å². The van der Waals surface area contributed by atoms with E-state index in [0.29, 0.717) is 5.56 Å². The van der Waals surface area contributed by atoms with Gasteiger partial charge in [0.05, 0.1) is 12.7 Å². The Balaban J connectivity index is 1.82. The number of ether oxygens (including phenoxy) is 1. The van der Waals surface area contributed by atoms with Gasteiger partial charge in [0.25, 0.3) is 5.91 Å². The van der Waals surface area contributed by atoms with Gasteiger partial charge in [0.1, 0.15) is 11.9 Å². The lowest BCUT2D eigenvalue weighted by Crippen LogP contribution is -2.43. The van der Waals surface area contributed by atoms with Crippen molar-refractivity contribution in [2.24, 2.45) is 0 Å². The molecular weight excluding hydrogens is 360 g/mol. The second-order valence-corrected chi connectivity index (χ2v) is 8.34. The van der Waals surface area contributed by atoms with Gasteiger partial charge in [-0.2, -0.15) is 0 Å². The SMILES string of the molecule is COc1cccc(C2Nc3ccccc3C(=O)N2c2ccc(C(C)(C)C)cc2)c1. The van der Waals surface area contributed by atoms with Gasteiger partial charge in [-0.3, -0.25) is 9.69 Å². The lowest BCUT2D eigenvalue weighted by atomic mass is 9.87. The Hall–Kier alpha value is -3.27. The van der Waals surface area contributed by atoms with Crippen molar-refractivity contribution in [3.05, 3.63) is 89.5 Å². The molecule has 3 aromatic rings. The first-order chi connectivity index (χ1) is 13.9. The number of benzene rings is 3. The number of rotatable bonds is 3. The van der Waals surface area contributed by atoms with E-state index >= 15 is 0 Å². The Bertz CT molecular complexity index is 1040. The van der Waals surface area contributed by atoms with E-state index < -0.39 is 0 Å². The van der Waals surface area contributed by atoms with Crippen molar-refractivity contribution in [1.29, 1.82) is 0 Å². The van der Waals surface area contributed by atoms with Crippen LogP contribution in [0.1, 0.15) is 48.4 Å². The van der Waals surface area contributed by atoms with Crippen molar-refractivity contribution in [1.82, 2.24) is 0 Å². The highest BCUT2D eigenvalue weighted by Gasteiger charge is 2.34. The van der Waals surface area contributed by atoms with Crippen LogP contribution in [-0.4, -0.2) is 13.0 Å². The molecule has 1 atom stereocenters. The molecule has 0 bridgehead atoms. The van der Waals surface area contributed by atoms with E-state index in [-0.39, 0.29) is 17.5 Å². The molecule has 1 amide bonds. The minimum absolute atomic E-state index is 0.0179. The normalized spacial score (nSPS) is 16.2. The minimum Gasteiger partial charge on any atom is -0.497 e. The number of nitrogens with one attached hydrogen (secondary N) is 1. The number of para-hydroxylation sites is 1. The molecule has 1 N–H and O–H groups in total. The highest BCUT2D eigenvalue weighted by atomic mass is 16.5. The third kappa shape index (κ3) is 3.58. The third-order valence-corrected chi connectivity index (χ3v) is 5.35. The Labute approximate surface area is 172 Å². The zero-order valence-corrected chi connectivity index (χ0v) is 17.3. The summed E-state index contributed by atoms with van der Waals surface area (Å²) in [4.78, 5) is 15.3. The Morgan fingerprint density at radius 1 is 0.931 bits per heavy atom. The lowest BCUT2D eigenvalue weighted by molar-refractivity contribution is 0.0975. The Morgan fingerprint density at radius 3 is 2.34 bits per heavy atom. The summed E-state index contributed by atoms with van der Waals surface area (Å²) in [5.41, 5.74) is 4.63. The van der Waals surface area contributed by atoms with E-state index in [1.165, 1.54) is 5.56 Å². The zero-order chi connectivity index (χ0) is 20.6. The molecule has 4 rings (SSSR count). The van der Waals surface area contributed by atoms with Crippen LogP contribution in [0.5, 0.6) is 5.75 Å². The molecule has 0 spiro atoms. The second-order valence-electron chi connectivity index (χ2n) is 8.34. The molecule has 4 heteroatoms. The van der Waals surface area contributed by atoms with Crippen LogP contribution in [0.15, 0.2) is 72.8 Å². The number of carbonyl (C=O) groups excluding carboxylic acids is 1. The average Bonchev–Trinajstić information content (AvgIpc) is 2.73. The van der Waals surface area contributed by atoms with Gasteiger partial charge in [0.15, 0.2) is 0 Å². The molecule has 1 unspecified atom stereocenters. The fourth-order valence-corrected chi connectivity index (χ4v) is 3.69. The van der Waals surface area contributed by atoms with Crippen LogP contribution in [0.4, 0.5) is 11.4 Å². The molecule has 3 aromatic carbocycles. The Morgan fingerprint density at radius 2 is 1.66 bits per heavy atom. The summed E-state index contributed by atoms with van der Waals surface area (Å²) in [7, 11) is 1.65. The maximum Gasteiger partial charge on any atom is 0.262 e. The summed E-state index contributed by atoms with van der Waals surface area (Å²) >= 11 is 0. The van der Waals surface area contributed by atoms with Crippen LogP contribution in [0.25, 0.3) is 0 Å². The van der Waals surface area contributed by atoms with Crippen molar-refractivity contribution in [2.75, 3.05) is 17.3 Å². The number of methoxy groups -OCH3 is 1. The fourth-order valence-electron chi connectivity index (χ4n) is 3.69. The zero-order valence-electron chi connectivity index (χ0n) is 17.3. The van der Waals surface area contributed by atoms with Gasteiger partial charge >= 0.3 is 0 Å². The largest absolute Gasteiger partial charge is 0.497 e. The molecule has 29 heavy (non-hydrogen) atoms. The van der Waals surface area contributed by atoms with Gasteiger partial charge in [-0.25, -0.2) is 0 Å². The third-order valence-electron chi connectivity index (χ3n) is 5.35. The first-order valence-electron chi connectivity index (χ1n) is 9.82. The number of hydrogen-bond acceptors (Lipinski definition) is 3. The number of hydrogen-bond donors (Lipinski definition) is 1. The topological polar surface area (TPSA) is 41.6 Å². The summed E-state index contributed by atoms with van der Waals surface area (Å²) in [6, 6.07) is 23.7. The van der Waals surface area contributed by atoms with Crippen molar-refractivity contribution >= 4 is 17.3 Å². The standard InChI is InChI=1S/C25H26N2O2/c1-25(2,3)18-12-14-19(15-13-18)27-23(17-8-7-9-20(16-17)29-4)26-22-11-6-5-10-21(22)24(27)28/h5-16,23,26H,1-4H3. The molecule has 0 radical (unpaired) electrons. The van der Waals surface area contributed by atoms with Crippen LogP contribution < -0.4 is 15.0 Å². The predicted molar refractivity (Wildman–Crippen MR) is 118 cm³/mol. The number of carbonyl (C=O) groups is 1. The van der Waals surface area contributed by atoms with Gasteiger partial charge in [0, 0.05) is 11.4 Å². The van der Waals surface area contributed by atoms with E-state index in [2.05, 4.69) is 38.2 Å². The fraction of sp³-hybridized carbons (Fsp3) is 0.240. The first-order valence-corrected chi connectivity index (χ1v) is 9.82. The van der Waals surface area contributed by atoms with Crippen molar-refractivity contribution in [3.63, 3.8) is 0 Å². The molecule has 0 saturated heterocycles. The van der Waals surface area contributed by atoms with E-state index in [1.807, 2.05) is 65.6 Å². The maximum atomic E-state index is 13.5. The molecule has 4 nitrogen and oxygen atoms in total. The molecule has 0 fully saturated rings. The monoisotopic (exact) mass is 386 g/mol. The molecule has 0 saturated carbocycles. The van der Waals surface area contributed by atoms with E-state index in [0.717, 1.165) is 22.7 Å². The quantitative estimate of drug-likeness (QED) is 0.622. The molecule has 0 aromatic heterocycles. The molecule has 0 aliphatic carbocycles. The van der Waals surface area contributed by atoms with Gasteiger partial charge in [-0.1, -0.05) is 57.2 Å². The van der Waals surface area contributed by atoms with Crippen molar-refractivity contribution < 1.29 is 9.53 Å². The minimum atomic E-state index is -0.326. The molecule has 1 aliphatic rings. The second kappa shape index (κ2) is 7.28. The van der Waals surface area contributed by atoms with Gasteiger partial charge in [-0.15, -0.1) is 0 Å². The van der Waals surface area contributed by atoms with E-state index in [1.54, 1.807) is 7.11 Å². The van der Waals surface area contributed by atoms with Crippen LogP contribution in [-0.2, 0) is 5.41 Å². The maximum absolute atomic E-state index is 13.5. The predicted octanol–water partition coefficient (Wildman–Crippen LogP) is 5.76. The smallest absolute Gasteiger partial charge is 0.262 e. The number of amides is 1. The van der Waals surface area contributed by atoms with Crippen LogP contribution in [0.2, 0.25) is 0 Å². The van der Waals surface area contributed by atoms with Gasteiger partial charge < -0.3 is 10.1 Å². The molecule has 1 aliphatic heterocycles. The summed E-state index contributed by atoms with van der Waals surface area (Å²) in [5, 5.41) is 3.54. The Kier molecular flexibility index (Phi) is 4.79. The number of nitrogens with zero attached hydrogens (tertiary/aromatic N) is 1. The summed E-state index contributed by atoms with van der Waals surface area (Å²) in [6.45, 7) is 6.56. The van der Waals surface area contributed by atoms with Crippen LogP contribution in [0.3, 0.4) is 0 Å². The highest BCUT2D eigenvalue weighted by molar-refractivity contribution is 6.12. The highest BCUT2D eigenvalue weighted by Crippen LogP contribution is 2.38. The number of fused-ring (bicyclic) bond motifs is 1. The van der Waals surface area contributed by atoms with Crippen LogP contribution in [0, 0.1) is 0 Å². The first kappa shape index (κ1) is 19.1. The number of anilines is 2. The van der Waals surface area contributed by atoms with Gasteiger partial charge in [0.2, 0.25) is 0 Å². The summed E-state index contributed by atoms with van der Waals surface area (Å²) < 4.78 is 5.40. The van der Waals surface area contributed by atoms with Gasteiger partial charge in [-0.05, 0) is 52.9 Å². The van der Waals surface area contributed by atoms with Crippen molar-refractivity contribution in [3.8, 4) is 5.75 Å². The average molecular weight is 386 g/mol.